The zero-order chi connectivity index (χ0) is 11.5. The number of ether oxygens (including phenoxy) is 1. The Morgan fingerprint density at radius 3 is 2.50 bits per heavy atom. The summed E-state index contributed by atoms with van der Waals surface area (Å²) in [6, 6.07) is 0. The SMILES string of the molecule is CCOC(=O)C=C1CC2CC(=O)CC(C1)C2. The molecule has 0 aromatic rings. The van der Waals surface area contributed by atoms with Crippen molar-refractivity contribution in [1.29, 1.82) is 0 Å². The van der Waals surface area contributed by atoms with Crippen LogP contribution >= 0.6 is 0 Å². The quantitative estimate of drug-likeness (QED) is 0.531. The Kier molecular flexibility index (Phi) is 3.42. The smallest absolute Gasteiger partial charge is 0.330 e. The zero-order valence-electron chi connectivity index (χ0n) is 9.70. The maximum atomic E-state index is 11.4. The van der Waals surface area contributed by atoms with E-state index >= 15 is 0 Å². The molecule has 2 bridgehead atoms. The fraction of sp³-hybridized carbons (Fsp3) is 0.692. The van der Waals surface area contributed by atoms with Gasteiger partial charge in [-0.15, -0.1) is 0 Å². The molecule has 0 radical (unpaired) electrons. The molecule has 0 aromatic carbocycles. The lowest BCUT2D eigenvalue weighted by molar-refractivity contribution is -0.137. The van der Waals surface area contributed by atoms with Gasteiger partial charge in [0, 0.05) is 18.9 Å². The maximum absolute atomic E-state index is 11.4. The molecule has 0 N–H and O–H groups in total. The molecule has 2 saturated carbocycles. The van der Waals surface area contributed by atoms with Crippen molar-refractivity contribution in [3.63, 3.8) is 0 Å². The van der Waals surface area contributed by atoms with E-state index in [2.05, 4.69) is 0 Å². The van der Waals surface area contributed by atoms with Gasteiger partial charge in [0.15, 0.2) is 0 Å². The Morgan fingerprint density at radius 2 is 1.94 bits per heavy atom. The van der Waals surface area contributed by atoms with Gasteiger partial charge in [-0.2, -0.15) is 0 Å². The molecule has 0 amide bonds. The summed E-state index contributed by atoms with van der Waals surface area (Å²) in [5.74, 6) is 1.11. The molecular weight excluding hydrogens is 204 g/mol. The molecule has 0 saturated heterocycles. The first kappa shape index (κ1) is 11.4. The summed E-state index contributed by atoms with van der Waals surface area (Å²) in [6.45, 7) is 2.23. The third-order valence-electron chi connectivity index (χ3n) is 3.41. The van der Waals surface area contributed by atoms with Gasteiger partial charge < -0.3 is 4.74 Å². The lowest BCUT2D eigenvalue weighted by Gasteiger charge is -2.34. The fourth-order valence-corrected chi connectivity index (χ4v) is 2.97. The molecule has 0 aliphatic heterocycles. The van der Waals surface area contributed by atoms with Gasteiger partial charge in [-0.25, -0.2) is 4.79 Å². The summed E-state index contributed by atoms with van der Waals surface area (Å²) in [5, 5.41) is 0. The molecule has 2 unspecified atom stereocenters. The average molecular weight is 222 g/mol. The lowest BCUT2D eigenvalue weighted by atomic mass is 9.70. The number of carbonyl (C=O) groups is 2. The van der Waals surface area contributed by atoms with Crippen LogP contribution in [0.15, 0.2) is 11.6 Å². The molecule has 0 heterocycles. The van der Waals surface area contributed by atoms with E-state index in [-0.39, 0.29) is 5.97 Å². The van der Waals surface area contributed by atoms with Crippen LogP contribution in [-0.4, -0.2) is 18.4 Å². The summed E-state index contributed by atoms with van der Waals surface area (Å²) >= 11 is 0. The number of rotatable bonds is 2. The predicted octanol–water partition coefficient (Wildman–Crippen LogP) is 2.26. The Bertz CT molecular complexity index is 312. The minimum Gasteiger partial charge on any atom is -0.463 e. The number of ketones is 1. The number of hydrogen-bond acceptors (Lipinski definition) is 3. The van der Waals surface area contributed by atoms with E-state index in [4.69, 9.17) is 4.74 Å². The standard InChI is InChI=1S/C13H18O3/c1-2-16-13(15)8-11-4-9-3-10(5-11)7-12(14)6-9/h8-10H,2-7H2,1H3. The molecule has 3 heteroatoms. The van der Waals surface area contributed by atoms with Crippen LogP contribution in [0, 0.1) is 11.8 Å². The Hall–Kier alpha value is -1.12. The van der Waals surface area contributed by atoms with Crippen LogP contribution < -0.4 is 0 Å². The van der Waals surface area contributed by atoms with Crippen molar-refractivity contribution < 1.29 is 14.3 Å². The number of Topliss-reactive ketones (excluding diaryl/α,β-unsaturated/α-hetero) is 1. The first-order valence-electron chi connectivity index (χ1n) is 6.05. The fourth-order valence-electron chi connectivity index (χ4n) is 2.97. The van der Waals surface area contributed by atoms with Crippen molar-refractivity contribution in [1.82, 2.24) is 0 Å². The molecule has 2 aliphatic carbocycles. The highest BCUT2D eigenvalue weighted by Gasteiger charge is 2.32. The second-order valence-electron chi connectivity index (χ2n) is 4.88. The van der Waals surface area contributed by atoms with E-state index < -0.39 is 0 Å². The highest BCUT2D eigenvalue weighted by atomic mass is 16.5. The monoisotopic (exact) mass is 222 g/mol. The molecule has 3 nitrogen and oxygen atoms in total. The van der Waals surface area contributed by atoms with Gasteiger partial charge in [-0.05, 0) is 38.0 Å². The van der Waals surface area contributed by atoms with Crippen molar-refractivity contribution in [3.8, 4) is 0 Å². The maximum Gasteiger partial charge on any atom is 0.330 e. The van der Waals surface area contributed by atoms with Gasteiger partial charge in [-0.3, -0.25) is 4.79 Å². The van der Waals surface area contributed by atoms with Crippen molar-refractivity contribution >= 4 is 11.8 Å². The van der Waals surface area contributed by atoms with Gasteiger partial charge >= 0.3 is 5.97 Å². The summed E-state index contributed by atoms with van der Waals surface area (Å²) < 4.78 is 4.91. The molecule has 2 rings (SSSR count). The molecular formula is C13H18O3. The first-order valence-corrected chi connectivity index (χ1v) is 6.05. The third-order valence-corrected chi connectivity index (χ3v) is 3.41. The molecule has 2 fully saturated rings. The van der Waals surface area contributed by atoms with Gasteiger partial charge in [0.2, 0.25) is 0 Å². The minimum absolute atomic E-state index is 0.233. The molecule has 0 spiro atoms. The van der Waals surface area contributed by atoms with Crippen molar-refractivity contribution in [2.75, 3.05) is 6.61 Å². The van der Waals surface area contributed by atoms with E-state index in [1.165, 1.54) is 5.57 Å². The molecule has 88 valence electrons. The minimum atomic E-state index is -0.233. The van der Waals surface area contributed by atoms with Crippen LogP contribution in [0.3, 0.4) is 0 Å². The van der Waals surface area contributed by atoms with E-state index in [0.29, 0.717) is 37.1 Å². The highest BCUT2D eigenvalue weighted by Crippen LogP contribution is 2.40. The average Bonchev–Trinajstić information content (AvgIpc) is 2.15. The summed E-state index contributed by atoms with van der Waals surface area (Å²) in [4.78, 5) is 22.7. The Morgan fingerprint density at radius 1 is 1.31 bits per heavy atom. The van der Waals surface area contributed by atoms with Crippen LogP contribution in [0.1, 0.15) is 39.0 Å². The number of fused-ring (bicyclic) bond motifs is 2. The largest absolute Gasteiger partial charge is 0.463 e. The Balaban J connectivity index is 1.99. The normalized spacial score (nSPS) is 28.8. The molecule has 2 atom stereocenters. The first-order chi connectivity index (χ1) is 7.67. The summed E-state index contributed by atoms with van der Waals surface area (Å²) in [7, 11) is 0. The second-order valence-corrected chi connectivity index (χ2v) is 4.88. The van der Waals surface area contributed by atoms with Crippen LogP contribution in [0.2, 0.25) is 0 Å². The number of esters is 1. The Labute approximate surface area is 95.9 Å². The van der Waals surface area contributed by atoms with Crippen LogP contribution in [0.4, 0.5) is 0 Å². The topological polar surface area (TPSA) is 43.4 Å². The summed E-state index contributed by atoms with van der Waals surface area (Å²) in [5.41, 5.74) is 1.17. The molecule has 0 aromatic heterocycles. The van der Waals surface area contributed by atoms with Crippen molar-refractivity contribution in [2.24, 2.45) is 11.8 Å². The van der Waals surface area contributed by atoms with Gasteiger partial charge in [0.1, 0.15) is 5.78 Å². The van der Waals surface area contributed by atoms with Gasteiger partial charge in [0.05, 0.1) is 6.61 Å². The van der Waals surface area contributed by atoms with Gasteiger partial charge in [0.25, 0.3) is 0 Å². The van der Waals surface area contributed by atoms with Crippen molar-refractivity contribution in [3.05, 3.63) is 11.6 Å². The number of carbonyl (C=O) groups excluding carboxylic acids is 2. The van der Waals surface area contributed by atoms with E-state index in [1.54, 1.807) is 6.08 Å². The zero-order valence-corrected chi connectivity index (χ0v) is 9.70. The molecule has 2 aliphatic rings. The number of hydrogen-bond donors (Lipinski definition) is 0. The van der Waals surface area contributed by atoms with Crippen LogP contribution in [-0.2, 0) is 14.3 Å². The van der Waals surface area contributed by atoms with E-state index in [9.17, 15) is 9.59 Å². The third kappa shape index (κ3) is 2.71. The highest BCUT2D eigenvalue weighted by molar-refractivity contribution is 5.83. The summed E-state index contributed by atoms with van der Waals surface area (Å²) in [6.07, 6.45) is 6.01. The van der Waals surface area contributed by atoms with Crippen LogP contribution in [0.5, 0.6) is 0 Å². The van der Waals surface area contributed by atoms with Gasteiger partial charge in [-0.1, -0.05) is 5.57 Å². The van der Waals surface area contributed by atoms with E-state index in [0.717, 1.165) is 19.3 Å². The second kappa shape index (κ2) is 4.81. The lowest BCUT2D eigenvalue weighted by Crippen LogP contribution is -2.28. The number of allylic oxidation sites excluding steroid dienone is 1. The predicted molar refractivity (Wildman–Crippen MR) is 59.8 cm³/mol. The van der Waals surface area contributed by atoms with E-state index in [1.807, 2.05) is 6.92 Å². The van der Waals surface area contributed by atoms with Crippen molar-refractivity contribution in [2.45, 2.75) is 39.0 Å². The van der Waals surface area contributed by atoms with Crippen LogP contribution in [0.25, 0.3) is 0 Å². The molecule has 16 heavy (non-hydrogen) atoms.